The van der Waals surface area contributed by atoms with E-state index in [4.69, 9.17) is 10.00 Å². The van der Waals surface area contributed by atoms with Gasteiger partial charge in [-0.1, -0.05) is 0 Å². The molecule has 0 saturated heterocycles. The molecule has 0 atom stereocenters. The quantitative estimate of drug-likeness (QED) is 0.759. The van der Waals surface area contributed by atoms with Gasteiger partial charge in [0.05, 0.1) is 11.6 Å². The van der Waals surface area contributed by atoms with Crippen LogP contribution in [0.4, 0.5) is 0 Å². The van der Waals surface area contributed by atoms with Crippen molar-refractivity contribution >= 4 is 27.7 Å². The zero-order valence-corrected chi connectivity index (χ0v) is 12.1. The Labute approximate surface area is 119 Å². The van der Waals surface area contributed by atoms with Gasteiger partial charge in [-0.15, -0.1) is 11.8 Å². The molecule has 90 valence electrons. The minimum Gasteiger partial charge on any atom is -0.457 e. The van der Waals surface area contributed by atoms with Crippen LogP contribution in [0, 0.1) is 11.3 Å². The summed E-state index contributed by atoms with van der Waals surface area (Å²) in [5.74, 6) is 1.49. The van der Waals surface area contributed by atoms with Gasteiger partial charge in [0.2, 0.25) is 0 Å². The van der Waals surface area contributed by atoms with Crippen LogP contribution in [0.15, 0.2) is 51.8 Å². The lowest BCUT2D eigenvalue weighted by Gasteiger charge is -2.07. The van der Waals surface area contributed by atoms with Crippen molar-refractivity contribution in [2.45, 2.75) is 4.90 Å². The summed E-state index contributed by atoms with van der Waals surface area (Å²) in [6, 6.07) is 15.0. The van der Waals surface area contributed by atoms with E-state index in [0.717, 1.165) is 16.0 Å². The van der Waals surface area contributed by atoms with E-state index in [2.05, 4.69) is 22.0 Å². The van der Waals surface area contributed by atoms with Crippen LogP contribution in [0.5, 0.6) is 11.5 Å². The molecule has 0 unspecified atom stereocenters. The minimum absolute atomic E-state index is 0.626. The third-order valence-corrected chi connectivity index (χ3v) is 4.06. The van der Waals surface area contributed by atoms with Gasteiger partial charge in [-0.2, -0.15) is 5.26 Å². The van der Waals surface area contributed by atoms with Crippen molar-refractivity contribution in [1.82, 2.24) is 0 Å². The van der Waals surface area contributed by atoms with E-state index in [1.165, 1.54) is 4.90 Å². The molecule has 0 spiro atoms. The molecule has 0 N–H and O–H groups in total. The molecule has 0 aromatic heterocycles. The third kappa shape index (κ3) is 3.06. The average molecular weight is 320 g/mol. The average Bonchev–Trinajstić information content (AvgIpc) is 2.40. The molecular weight excluding hydrogens is 310 g/mol. The summed E-state index contributed by atoms with van der Waals surface area (Å²) in [6.07, 6.45) is 2.03. The van der Waals surface area contributed by atoms with Gasteiger partial charge in [-0.3, -0.25) is 0 Å². The molecule has 2 rings (SSSR count). The number of nitriles is 1. The fourth-order valence-electron chi connectivity index (χ4n) is 1.44. The number of rotatable bonds is 3. The first-order valence-corrected chi connectivity index (χ1v) is 7.26. The smallest absolute Gasteiger partial charge is 0.128 e. The first-order valence-electron chi connectivity index (χ1n) is 5.24. The summed E-state index contributed by atoms with van der Waals surface area (Å²) in [7, 11) is 0. The lowest BCUT2D eigenvalue weighted by molar-refractivity contribution is 0.482. The highest BCUT2D eigenvalue weighted by molar-refractivity contribution is 9.10. The first kappa shape index (κ1) is 13.0. The number of hydrogen-bond donors (Lipinski definition) is 0. The van der Waals surface area contributed by atoms with Crippen LogP contribution in [0.1, 0.15) is 5.56 Å². The van der Waals surface area contributed by atoms with Gasteiger partial charge in [0.1, 0.15) is 11.5 Å². The van der Waals surface area contributed by atoms with Gasteiger partial charge in [0.25, 0.3) is 0 Å². The highest BCUT2D eigenvalue weighted by Crippen LogP contribution is 2.31. The van der Waals surface area contributed by atoms with Gasteiger partial charge < -0.3 is 4.74 Å². The van der Waals surface area contributed by atoms with E-state index >= 15 is 0 Å². The molecule has 0 aliphatic heterocycles. The van der Waals surface area contributed by atoms with Crippen LogP contribution in [0.25, 0.3) is 0 Å². The zero-order chi connectivity index (χ0) is 13.0. The number of nitrogens with zero attached hydrogens (tertiary/aromatic N) is 1. The second-order valence-corrected chi connectivity index (χ2v) is 5.24. The molecule has 0 aliphatic rings. The van der Waals surface area contributed by atoms with E-state index in [1.807, 2.05) is 24.5 Å². The molecular formula is C14H10BrNOS. The molecule has 2 nitrogen and oxygen atoms in total. The van der Waals surface area contributed by atoms with E-state index in [1.54, 1.807) is 36.0 Å². The molecule has 0 aliphatic carbocycles. The lowest BCUT2D eigenvalue weighted by Crippen LogP contribution is -1.85. The first-order chi connectivity index (χ1) is 8.72. The second-order valence-electron chi connectivity index (χ2n) is 3.53. The van der Waals surface area contributed by atoms with Crippen LogP contribution in [-0.4, -0.2) is 6.26 Å². The summed E-state index contributed by atoms with van der Waals surface area (Å²) in [6.45, 7) is 0. The normalized spacial score (nSPS) is 9.83. The number of halogens is 1. The van der Waals surface area contributed by atoms with Gasteiger partial charge in [-0.05, 0) is 64.7 Å². The molecule has 18 heavy (non-hydrogen) atoms. The summed E-state index contributed by atoms with van der Waals surface area (Å²) in [5.41, 5.74) is 0.626. The Hall–Kier alpha value is -1.44. The van der Waals surface area contributed by atoms with E-state index in [0.29, 0.717) is 5.56 Å². The minimum atomic E-state index is 0.626. The molecule has 0 bridgehead atoms. The van der Waals surface area contributed by atoms with Crippen LogP contribution in [-0.2, 0) is 0 Å². The molecule has 2 aromatic rings. The predicted molar refractivity (Wildman–Crippen MR) is 77.2 cm³/mol. The molecule has 4 heteroatoms. The maximum Gasteiger partial charge on any atom is 0.128 e. The fraction of sp³-hybridized carbons (Fsp3) is 0.0714. The molecule has 2 aromatic carbocycles. The van der Waals surface area contributed by atoms with Gasteiger partial charge >= 0.3 is 0 Å². The van der Waals surface area contributed by atoms with Crippen molar-refractivity contribution in [3.05, 3.63) is 52.5 Å². The van der Waals surface area contributed by atoms with Crippen molar-refractivity contribution in [3.8, 4) is 17.6 Å². The maximum absolute atomic E-state index is 8.71. The van der Waals surface area contributed by atoms with Crippen LogP contribution in [0.3, 0.4) is 0 Å². The summed E-state index contributed by atoms with van der Waals surface area (Å²) < 4.78 is 6.72. The van der Waals surface area contributed by atoms with Crippen molar-refractivity contribution in [2.24, 2.45) is 0 Å². The molecule has 0 amide bonds. The molecule has 0 saturated carbocycles. The fourth-order valence-corrected chi connectivity index (χ4v) is 2.75. The molecule has 0 fully saturated rings. The number of thioether (sulfide) groups is 1. The highest BCUT2D eigenvalue weighted by Gasteiger charge is 2.02. The third-order valence-electron chi connectivity index (χ3n) is 2.34. The molecule has 0 radical (unpaired) electrons. The highest BCUT2D eigenvalue weighted by atomic mass is 79.9. The predicted octanol–water partition coefficient (Wildman–Crippen LogP) is 4.83. The van der Waals surface area contributed by atoms with E-state index in [9.17, 15) is 0 Å². The van der Waals surface area contributed by atoms with Gasteiger partial charge in [0.15, 0.2) is 0 Å². The number of hydrogen-bond acceptors (Lipinski definition) is 3. The van der Waals surface area contributed by atoms with Crippen molar-refractivity contribution in [3.63, 3.8) is 0 Å². The monoisotopic (exact) mass is 319 g/mol. The Morgan fingerprint density at radius 3 is 2.33 bits per heavy atom. The number of benzene rings is 2. The zero-order valence-electron chi connectivity index (χ0n) is 9.68. The lowest BCUT2D eigenvalue weighted by atomic mass is 10.2. The Balaban J connectivity index is 2.18. The van der Waals surface area contributed by atoms with Crippen molar-refractivity contribution in [1.29, 1.82) is 5.26 Å². The van der Waals surface area contributed by atoms with E-state index in [-0.39, 0.29) is 0 Å². The maximum atomic E-state index is 8.71. The van der Waals surface area contributed by atoms with Crippen LogP contribution >= 0.6 is 27.7 Å². The topological polar surface area (TPSA) is 33.0 Å². The second kappa shape index (κ2) is 5.94. The number of ether oxygens (including phenoxy) is 1. The SMILES string of the molecule is CSc1ccc(Oc2ccc(C#N)cc2)cc1Br. The summed E-state index contributed by atoms with van der Waals surface area (Å²) in [4.78, 5) is 1.17. The van der Waals surface area contributed by atoms with Crippen LogP contribution in [0.2, 0.25) is 0 Å². The van der Waals surface area contributed by atoms with Gasteiger partial charge in [0, 0.05) is 9.37 Å². The standard InChI is InChI=1S/C14H10BrNOS/c1-18-14-7-6-12(8-13(14)15)17-11-4-2-10(9-16)3-5-11/h2-8H,1H3. The van der Waals surface area contributed by atoms with Crippen molar-refractivity contribution in [2.75, 3.05) is 6.26 Å². The Kier molecular flexibility index (Phi) is 4.29. The Morgan fingerprint density at radius 2 is 1.78 bits per heavy atom. The van der Waals surface area contributed by atoms with Crippen molar-refractivity contribution < 1.29 is 4.74 Å². The molecule has 0 heterocycles. The van der Waals surface area contributed by atoms with Crippen LogP contribution < -0.4 is 4.74 Å². The summed E-state index contributed by atoms with van der Waals surface area (Å²) in [5, 5.41) is 8.71. The Bertz CT molecular complexity index is 590. The summed E-state index contributed by atoms with van der Waals surface area (Å²) >= 11 is 5.18. The van der Waals surface area contributed by atoms with Gasteiger partial charge in [-0.25, -0.2) is 0 Å². The van der Waals surface area contributed by atoms with E-state index < -0.39 is 0 Å². The largest absolute Gasteiger partial charge is 0.457 e. The Morgan fingerprint density at radius 1 is 1.11 bits per heavy atom.